The van der Waals surface area contributed by atoms with Gasteiger partial charge in [0.25, 0.3) is 0 Å². The number of amides is 4. The molecule has 1 aliphatic rings. The van der Waals surface area contributed by atoms with Gasteiger partial charge in [-0.15, -0.1) is 0 Å². The van der Waals surface area contributed by atoms with Crippen LogP contribution in [0.2, 0.25) is 0 Å². The fourth-order valence-electron chi connectivity index (χ4n) is 2.81. The fraction of sp³-hybridized carbons (Fsp3) is 0.211. The molecule has 2 aromatic carbocycles. The van der Waals surface area contributed by atoms with Crippen LogP contribution in [0.5, 0.6) is 11.5 Å². The normalized spacial score (nSPS) is 16.4. The number of imide groups is 1. The number of methoxy groups -OCH3 is 2. The molecule has 0 saturated carbocycles. The van der Waals surface area contributed by atoms with Crippen LogP contribution in [0, 0.1) is 11.7 Å². The van der Waals surface area contributed by atoms with Crippen molar-refractivity contribution in [3.8, 4) is 11.5 Å². The van der Waals surface area contributed by atoms with Crippen LogP contribution in [0.3, 0.4) is 0 Å². The number of halogens is 1. The third kappa shape index (κ3) is 3.59. The van der Waals surface area contributed by atoms with Crippen molar-refractivity contribution >= 4 is 29.2 Å². The van der Waals surface area contributed by atoms with E-state index in [0.29, 0.717) is 11.5 Å². The summed E-state index contributed by atoms with van der Waals surface area (Å²) in [6.45, 7) is -0.193. The van der Waals surface area contributed by atoms with Gasteiger partial charge in [-0.25, -0.2) is 14.1 Å². The van der Waals surface area contributed by atoms with Crippen LogP contribution in [0.25, 0.3) is 0 Å². The summed E-state index contributed by atoms with van der Waals surface area (Å²) in [5, 5.41) is 4.88. The molecule has 4 amide bonds. The van der Waals surface area contributed by atoms with E-state index in [2.05, 4.69) is 10.6 Å². The van der Waals surface area contributed by atoms with E-state index in [1.807, 2.05) is 0 Å². The highest BCUT2D eigenvalue weighted by molar-refractivity contribution is 6.23. The Morgan fingerprint density at radius 3 is 2.54 bits per heavy atom. The quantitative estimate of drug-likeness (QED) is 0.767. The summed E-state index contributed by atoms with van der Waals surface area (Å²) in [7, 11) is 2.88. The molecule has 1 saturated heterocycles. The number of nitrogens with zero attached hydrogens (tertiary/aromatic N) is 1. The standard InChI is InChI=1S/C19H18FN3O5/c1-27-15-8-7-11(9-16(15)28-2)23-18(25)12(10-21-19(23)26)17(24)22-14-6-4-3-5-13(14)20/h3-9,12H,10H2,1-2H3,(H,21,26)(H,22,24). The largest absolute Gasteiger partial charge is 0.493 e. The lowest BCUT2D eigenvalue weighted by atomic mass is 10.0. The maximum absolute atomic E-state index is 13.8. The molecule has 2 aromatic rings. The maximum Gasteiger partial charge on any atom is 0.328 e. The highest BCUT2D eigenvalue weighted by atomic mass is 19.1. The highest BCUT2D eigenvalue weighted by Gasteiger charge is 2.40. The number of rotatable bonds is 5. The molecule has 1 fully saturated rings. The molecular formula is C19H18FN3O5. The van der Waals surface area contributed by atoms with Crippen molar-refractivity contribution in [1.82, 2.24) is 5.32 Å². The minimum absolute atomic E-state index is 0.0464. The van der Waals surface area contributed by atoms with Crippen molar-refractivity contribution in [2.45, 2.75) is 0 Å². The van der Waals surface area contributed by atoms with Gasteiger partial charge < -0.3 is 20.1 Å². The number of hydrogen-bond donors (Lipinski definition) is 2. The lowest BCUT2D eigenvalue weighted by molar-refractivity contribution is -0.130. The Bertz CT molecular complexity index is 934. The van der Waals surface area contributed by atoms with Gasteiger partial charge in [0.15, 0.2) is 11.5 Å². The van der Waals surface area contributed by atoms with Crippen LogP contribution in [0.15, 0.2) is 42.5 Å². The first kappa shape index (κ1) is 19.2. The number of nitrogens with one attached hydrogen (secondary N) is 2. The summed E-state index contributed by atoms with van der Waals surface area (Å²) in [6.07, 6.45) is 0. The Balaban J connectivity index is 1.86. The second kappa shape index (κ2) is 7.95. The van der Waals surface area contributed by atoms with Crippen LogP contribution >= 0.6 is 0 Å². The van der Waals surface area contributed by atoms with Gasteiger partial charge in [-0.2, -0.15) is 0 Å². The van der Waals surface area contributed by atoms with Crippen LogP contribution in [0.4, 0.5) is 20.6 Å². The summed E-state index contributed by atoms with van der Waals surface area (Å²) >= 11 is 0. The second-order valence-corrected chi connectivity index (χ2v) is 5.92. The van der Waals surface area contributed by atoms with Crippen LogP contribution in [0.1, 0.15) is 0 Å². The van der Waals surface area contributed by atoms with E-state index in [9.17, 15) is 18.8 Å². The number of urea groups is 1. The molecule has 0 aromatic heterocycles. The number of para-hydroxylation sites is 1. The van der Waals surface area contributed by atoms with Crippen molar-refractivity contribution in [1.29, 1.82) is 0 Å². The van der Waals surface area contributed by atoms with E-state index < -0.39 is 29.6 Å². The molecule has 1 atom stereocenters. The van der Waals surface area contributed by atoms with E-state index in [4.69, 9.17) is 9.47 Å². The average molecular weight is 387 g/mol. The molecule has 8 nitrogen and oxygen atoms in total. The molecule has 9 heteroatoms. The van der Waals surface area contributed by atoms with E-state index >= 15 is 0 Å². The average Bonchev–Trinajstić information content (AvgIpc) is 2.69. The Morgan fingerprint density at radius 2 is 1.86 bits per heavy atom. The molecule has 1 heterocycles. The van der Waals surface area contributed by atoms with Crippen LogP contribution in [-0.4, -0.2) is 38.6 Å². The maximum atomic E-state index is 13.8. The predicted molar refractivity (Wildman–Crippen MR) is 99.0 cm³/mol. The van der Waals surface area contributed by atoms with E-state index in [-0.39, 0.29) is 17.9 Å². The van der Waals surface area contributed by atoms with E-state index in [1.54, 1.807) is 6.07 Å². The number of benzene rings is 2. The lowest BCUT2D eigenvalue weighted by Crippen LogP contribution is -2.58. The third-order valence-corrected chi connectivity index (χ3v) is 4.25. The van der Waals surface area contributed by atoms with Crippen LogP contribution < -0.4 is 25.0 Å². The first-order valence-corrected chi connectivity index (χ1v) is 8.35. The summed E-state index contributed by atoms with van der Waals surface area (Å²) in [5.41, 5.74) is 0.165. The van der Waals surface area contributed by atoms with E-state index in [1.165, 1.54) is 50.6 Å². The molecule has 2 N–H and O–H groups in total. The second-order valence-electron chi connectivity index (χ2n) is 5.92. The minimum atomic E-state index is -1.22. The number of ether oxygens (including phenoxy) is 2. The summed E-state index contributed by atoms with van der Waals surface area (Å²) in [4.78, 5) is 38.5. The Hall–Kier alpha value is -3.62. The van der Waals surface area contributed by atoms with Crippen molar-refractivity contribution in [2.75, 3.05) is 31.0 Å². The molecule has 146 valence electrons. The van der Waals surface area contributed by atoms with Gasteiger partial charge in [0.05, 0.1) is 25.6 Å². The molecule has 0 aliphatic carbocycles. The predicted octanol–water partition coefficient (Wildman–Crippen LogP) is 2.15. The Morgan fingerprint density at radius 1 is 1.14 bits per heavy atom. The molecule has 0 bridgehead atoms. The van der Waals surface area contributed by atoms with Gasteiger partial charge in [0.2, 0.25) is 11.8 Å². The summed E-state index contributed by atoms with van der Waals surface area (Å²) in [6, 6.07) is 9.42. The number of anilines is 2. The molecule has 28 heavy (non-hydrogen) atoms. The Labute approximate surface area is 160 Å². The monoisotopic (exact) mass is 387 g/mol. The first-order valence-electron chi connectivity index (χ1n) is 8.35. The van der Waals surface area contributed by atoms with Gasteiger partial charge in [-0.05, 0) is 24.3 Å². The summed E-state index contributed by atoms with van der Waals surface area (Å²) < 4.78 is 24.1. The zero-order valence-electron chi connectivity index (χ0n) is 15.2. The van der Waals surface area contributed by atoms with Crippen molar-refractivity contribution in [3.05, 3.63) is 48.3 Å². The molecule has 1 aliphatic heterocycles. The molecule has 3 rings (SSSR count). The van der Waals surface area contributed by atoms with Gasteiger partial charge in [0.1, 0.15) is 11.7 Å². The zero-order valence-corrected chi connectivity index (χ0v) is 15.2. The number of carbonyl (C=O) groups excluding carboxylic acids is 3. The van der Waals surface area contributed by atoms with Gasteiger partial charge >= 0.3 is 6.03 Å². The van der Waals surface area contributed by atoms with Crippen molar-refractivity contribution in [3.63, 3.8) is 0 Å². The van der Waals surface area contributed by atoms with Crippen LogP contribution in [-0.2, 0) is 9.59 Å². The molecular weight excluding hydrogens is 369 g/mol. The lowest BCUT2D eigenvalue weighted by Gasteiger charge is -2.31. The number of carbonyl (C=O) groups is 3. The molecule has 0 spiro atoms. The van der Waals surface area contributed by atoms with E-state index in [0.717, 1.165) is 4.90 Å². The van der Waals surface area contributed by atoms with Crippen molar-refractivity contribution in [2.24, 2.45) is 5.92 Å². The summed E-state index contributed by atoms with van der Waals surface area (Å²) in [5.74, 6) is -2.56. The third-order valence-electron chi connectivity index (χ3n) is 4.25. The minimum Gasteiger partial charge on any atom is -0.493 e. The smallest absolute Gasteiger partial charge is 0.328 e. The van der Waals surface area contributed by atoms with Gasteiger partial charge in [-0.3, -0.25) is 9.59 Å². The highest BCUT2D eigenvalue weighted by Crippen LogP contribution is 2.32. The van der Waals surface area contributed by atoms with Gasteiger partial charge in [-0.1, -0.05) is 12.1 Å². The molecule has 1 unspecified atom stereocenters. The first-order chi connectivity index (χ1) is 13.5. The Kier molecular flexibility index (Phi) is 5.44. The molecule has 0 radical (unpaired) electrons. The topological polar surface area (TPSA) is 97.0 Å². The zero-order chi connectivity index (χ0) is 20.3. The fourth-order valence-corrected chi connectivity index (χ4v) is 2.81. The number of hydrogen-bond acceptors (Lipinski definition) is 5. The van der Waals surface area contributed by atoms with Crippen molar-refractivity contribution < 1.29 is 28.2 Å². The SMILES string of the molecule is COc1ccc(N2C(=O)NCC(C(=O)Nc3ccccc3F)C2=O)cc1OC. The van der Waals surface area contributed by atoms with Gasteiger partial charge in [0, 0.05) is 12.6 Å².